The van der Waals surface area contributed by atoms with E-state index in [1.807, 2.05) is 25.3 Å². The van der Waals surface area contributed by atoms with Crippen LogP contribution in [0.5, 0.6) is 0 Å². The molecule has 0 spiro atoms. The molecule has 0 saturated carbocycles. The van der Waals surface area contributed by atoms with Gasteiger partial charge in [0.15, 0.2) is 5.78 Å². The summed E-state index contributed by atoms with van der Waals surface area (Å²) in [5.74, 6) is -0.805. The number of ether oxygens (including phenoxy) is 1. The van der Waals surface area contributed by atoms with E-state index in [1.165, 1.54) is 11.0 Å². The van der Waals surface area contributed by atoms with Gasteiger partial charge in [0.1, 0.15) is 11.9 Å². The molecule has 1 aromatic carbocycles. The fraction of sp³-hybridized carbons (Fsp3) is 0.391. The van der Waals surface area contributed by atoms with Crippen LogP contribution in [-0.4, -0.2) is 67.7 Å². The maximum atomic E-state index is 13.4. The molecule has 0 radical (unpaired) electrons. The van der Waals surface area contributed by atoms with Crippen LogP contribution in [0.1, 0.15) is 47.2 Å². The second-order valence-electron chi connectivity index (χ2n) is 8.63. The van der Waals surface area contributed by atoms with Gasteiger partial charge in [-0.05, 0) is 61.9 Å². The number of nitrogens with one attached hydrogen (secondary N) is 1. The first kappa shape index (κ1) is 23.3. The zero-order valence-corrected chi connectivity index (χ0v) is 19.8. The summed E-state index contributed by atoms with van der Waals surface area (Å²) in [5.41, 5.74) is 2.03. The fourth-order valence-electron chi connectivity index (χ4n) is 4.56. The van der Waals surface area contributed by atoms with Crippen molar-refractivity contribution in [2.45, 2.75) is 39.3 Å². The summed E-state index contributed by atoms with van der Waals surface area (Å²) in [6, 6.07) is 8.21. The maximum absolute atomic E-state index is 13.4. The van der Waals surface area contributed by atoms with Crippen LogP contribution in [0.25, 0.3) is 5.69 Å². The fourth-order valence-corrected chi connectivity index (χ4v) is 4.56. The number of imide groups is 1. The summed E-state index contributed by atoms with van der Waals surface area (Å²) < 4.78 is 8.73. The van der Waals surface area contributed by atoms with Crippen molar-refractivity contribution in [2.75, 3.05) is 20.3 Å². The number of carbonyl (C=O) groups excluding carboxylic acids is 3. The van der Waals surface area contributed by atoms with Crippen LogP contribution in [0.15, 0.2) is 36.7 Å². The van der Waals surface area contributed by atoms with Crippen molar-refractivity contribution in [3.63, 3.8) is 0 Å². The standard InChI is InChI=1S/C23H27N7O4/c1-14-9-19(16(3)30(14)15(2)12-34-5)20(31)11-28-21(32)23(4,25-22(28)33)17-7-6-8-18(10-17)29-13-24-26-27-29/h6-10,13,15H,11-12H2,1-5H3,(H,25,33)/t15-,23+/m0/s1. The Kier molecular flexibility index (Phi) is 6.05. The molecule has 3 heterocycles. The van der Waals surface area contributed by atoms with Gasteiger partial charge in [-0.3, -0.25) is 14.5 Å². The van der Waals surface area contributed by atoms with E-state index in [-0.39, 0.29) is 18.4 Å². The monoisotopic (exact) mass is 465 g/mol. The van der Waals surface area contributed by atoms with Gasteiger partial charge in [0.25, 0.3) is 5.91 Å². The number of carbonyl (C=O) groups is 3. The quantitative estimate of drug-likeness (QED) is 0.398. The molecular formula is C23H27N7O4. The Balaban J connectivity index is 1.58. The SMILES string of the molecule is COC[C@H](C)n1c(C)cc(C(=O)CN2C(=O)N[C@](C)(c3cccc(-n4cnnn4)c3)C2=O)c1C. The van der Waals surface area contributed by atoms with Crippen molar-refractivity contribution in [1.29, 1.82) is 0 Å². The number of urea groups is 1. The number of benzene rings is 1. The van der Waals surface area contributed by atoms with Gasteiger partial charge in [0.05, 0.1) is 24.9 Å². The number of ketones is 1. The summed E-state index contributed by atoms with van der Waals surface area (Å²) in [6.07, 6.45) is 1.44. The molecular weight excluding hydrogens is 438 g/mol. The number of hydrogen-bond acceptors (Lipinski definition) is 7. The molecule has 1 N–H and O–H groups in total. The molecule has 1 fully saturated rings. The number of tetrazole rings is 1. The molecule has 0 bridgehead atoms. The highest BCUT2D eigenvalue weighted by Gasteiger charge is 2.49. The van der Waals surface area contributed by atoms with Crippen LogP contribution in [-0.2, 0) is 15.1 Å². The number of nitrogens with zero attached hydrogens (tertiary/aromatic N) is 6. The van der Waals surface area contributed by atoms with E-state index in [2.05, 4.69) is 20.8 Å². The van der Waals surface area contributed by atoms with Crippen molar-refractivity contribution < 1.29 is 19.1 Å². The van der Waals surface area contributed by atoms with Crippen molar-refractivity contribution in [2.24, 2.45) is 0 Å². The molecule has 0 aliphatic carbocycles. The second-order valence-corrected chi connectivity index (χ2v) is 8.63. The van der Waals surface area contributed by atoms with Gasteiger partial charge in [0, 0.05) is 24.1 Å². The number of aryl methyl sites for hydroxylation is 1. The van der Waals surface area contributed by atoms with Crippen LogP contribution < -0.4 is 5.32 Å². The average molecular weight is 466 g/mol. The molecule has 4 rings (SSSR count). The van der Waals surface area contributed by atoms with Gasteiger partial charge in [-0.15, -0.1) is 5.10 Å². The Bertz CT molecular complexity index is 1250. The predicted molar refractivity (Wildman–Crippen MR) is 122 cm³/mol. The van der Waals surface area contributed by atoms with Gasteiger partial charge >= 0.3 is 6.03 Å². The average Bonchev–Trinajstić information content (AvgIpc) is 3.49. The van der Waals surface area contributed by atoms with E-state index in [0.29, 0.717) is 23.4 Å². The van der Waals surface area contributed by atoms with Gasteiger partial charge in [-0.25, -0.2) is 9.48 Å². The summed E-state index contributed by atoms with van der Waals surface area (Å²) in [7, 11) is 1.63. The zero-order valence-electron chi connectivity index (χ0n) is 19.8. The van der Waals surface area contributed by atoms with E-state index in [9.17, 15) is 14.4 Å². The molecule has 178 valence electrons. The third-order valence-electron chi connectivity index (χ3n) is 6.25. The molecule has 1 aliphatic rings. The molecule has 34 heavy (non-hydrogen) atoms. The zero-order chi connectivity index (χ0) is 24.6. The number of Topliss-reactive ketones (excluding diaryl/α,β-unsaturated/α-hetero) is 1. The second kappa shape index (κ2) is 8.82. The van der Waals surface area contributed by atoms with Crippen molar-refractivity contribution >= 4 is 17.7 Å². The molecule has 3 aromatic rings. The van der Waals surface area contributed by atoms with Crippen LogP contribution in [0, 0.1) is 13.8 Å². The van der Waals surface area contributed by atoms with Crippen molar-refractivity contribution in [1.82, 2.24) is 35.0 Å². The normalized spacial score (nSPS) is 18.9. The first-order chi connectivity index (χ1) is 16.2. The molecule has 3 amide bonds. The van der Waals surface area contributed by atoms with Gasteiger partial charge in [-0.2, -0.15) is 0 Å². The van der Waals surface area contributed by atoms with Crippen molar-refractivity contribution in [3.05, 3.63) is 59.2 Å². The molecule has 11 nitrogen and oxygen atoms in total. The lowest BCUT2D eigenvalue weighted by atomic mass is 9.91. The van der Waals surface area contributed by atoms with E-state index >= 15 is 0 Å². The summed E-state index contributed by atoms with van der Waals surface area (Å²) >= 11 is 0. The van der Waals surface area contributed by atoms with Crippen LogP contribution in [0.2, 0.25) is 0 Å². The van der Waals surface area contributed by atoms with Crippen LogP contribution in [0.3, 0.4) is 0 Å². The topological polar surface area (TPSA) is 124 Å². The van der Waals surface area contributed by atoms with Gasteiger partial charge in [0.2, 0.25) is 0 Å². The lowest BCUT2D eigenvalue weighted by Crippen LogP contribution is -2.41. The lowest BCUT2D eigenvalue weighted by Gasteiger charge is -2.22. The van der Waals surface area contributed by atoms with E-state index in [1.54, 1.807) is 44.4 Å². The lowest BCUT2D eigenvalue weighted by molar-refractivity contribution is -0.130. The Morgan fingerprint density at radius 1 is 1.24 bits per heavy atom. The predicted octanol–water partition coefficient (Wildman–Crippen LogP) is 1.94. The van der Waals surface area contributed by atoms with Crippen molar-refractivity contribution in [3.8, 4) is 5.69 Å². The Morgan fingerprint density at radius 2 is 2.00 bits per heavy atom. The maximum Gasteiger partial charge on any atom is 0.325 e. The van der Waals surface area contributed by atoms with Crippen LogP contribution in [0.4, 0.5) is 4.79 Å². The first-order valence-electron chi connectivity index (χ1n) is 10.9. The van der Waals surface area contributed by atoms with Crippen LogP contribution >= 0.6 is 0 Å². The molecule has 0 unspecified atom stereocenters. The van der Waals surface area contributed by atoms with E-state index in [0.717, 1.165) is 16.3 Å². The Hall–Kier alpha value is -3.86. The molecule has 2 aromatic heterocycles. The third-order valence-corrected chi connectivity index (χ3v) is 6.25. The number of amides is 3. The first-order valence-corrected chi connectivity index (χ1v) is 10.9. The van der Waals surface area contributed by atoms with Gasteiger partial charge < -0.3 is 14.6 Å². The van der Waals surface area contributed by atoms with Gasteiger partial charge in [-0.1, -0.05) is 12.1 Å². The number of hydrogen-bond donors (Lipinski definition) is 1. The summed E-state index contributed by atoms with van der Waals surface area (Å²) in [5, 5.41) is 13.8. The number of aromatic nitrogens is 5. The van der Waals surface area contributed by atoms with E-state index < -0.39 is 17.5 Å². The minimum atomic E-state index is -1.33. The highest BCUT2D eigenvalue weighted by Crippen LogP contribution is 2.30. The molecule has 11 heteroatoms. The highest BCUT2D eigenvalue weighted by molar-refractivity contribution is 6.11. The summed E-state index contributed by atoms with van der Waals surface area (Å²) in [4.78, 5) is 40.3. The number of rotatable bonds is 8. The minimum Gasteiger partial charge on any atom is -0.383 e. The molecule has 1 saturated heterocycles. The Labute approximate surface area is 196 Å². The summed E-state index contributed by atoms with van der Waals surface area (Å²) in [6.45, 7) is 7.54. The largest absolute Gasteiger partial charge is 0.383 e. The Morgan fingerprint density at radius 3 is 2.68 bits per heavy atom. The third kappa shape index (κ3) is 3.87. The highest BCUT2D eigenvalue weighted by atomic mass is 16.5. The smallest absolute Gasteiger partial charge is 0.325 e. The molecule has 2 atom stereocenters. The molecule has 1 aliphatic heterocycles. The minimum absolute atomic E-state index is 0.0408. The number of methoxy groups -OCH3 is 1. The van der Waals surface area contributed by atoms with E-state index in [4.69, 9.17) is 4.74 Å².